The summed E-state index contributed by atoms with van der Waals surface area (Å²) in [6.07, 6.45) is 2.29. The van der Waals surface area contributed by atoms with E-state index in [2.05, 4.69) is 37.7 Å². The third-order valence-electron chi connectivity index (χ3n) is 4.55. The summed E-state index contributed by atoms with van der Waals surface area (Å²) in [5.74, 6) is 0. The molecule has 1 saturated heterocycles. The van der Waals surface area contributed by atoms with Crippen LogP contribution in [0.5, 0.6) is 0 Å². The van der Waals surface area contributed by atoms with Crippen LogP contribution in [0.25, 0.3) is 0 Å². The monoisotopic (exact) mass is 243 g/mol. The molecular weight excluding hydrogens is 214 g/mol. The van der Waals surface area contributed by atoms with Crippen LogP contribution < -0.4 is 5.73 Å². The van der Waals surface area contributed by atoms with Gasteiger partial charge in [0.1, 0.15) is 0 Å². The third kappa shape index (κ3) is 3.19. The molecule has 0 amide bonds. The summed E-state index contributed by atoms with van der Waals surface area (Å²) in [4.78, 5) is 4.85. The van der Waals surface area contributed by atoms with Crippen molar-refractivity contribution in [3.63, 3.8) is 0 Å². The number of ether oxygens (including phenoxy) is 1. The lowest BCUT2D eigenvalue weighted by Crippen LogP contribution is -2.62. The van der Waals surface area contributed by atoms with Crippen LogP contribution in [0.1, 0.15) is 26.7 Å². The van der Waals surface area contributed by atoms with Crippen molar-refractivity contribution in [1.82, 2.24) is 9.80 Å². The molecule has 0 radical (unpaired) electrons. The minimum absolute atomic E-state index is 0.143. The molecule has 1 rings (SSSR count). The Labute approximate surface area is 106 Å². The minimum Gasteiger partial charge on any atom is -0.383 e. The maximum atomic E-state index is 6.08. The van der Waals surface area contributed by atoms with Gasteiger partial charge in [-0.1, -0.05) is 0 Å². The maximum absolute atomic E-state index is 6.08. The van der Waals surface area contributed by atoms with Crippen LogP contribution in [0.2, 0.25) is 0 Å². The Morgan fingerprint density at radius 2 is 2.24 bits per heavy atom. The van der Waals surface area contributed by atoms with E-state index >= 15 is 0 Å². The van der Waals surface area contributed by atoms with Crippen LogP contribution in [0.3, 0.4) is 0 Å². The maximum Gasteiger partial charge on any atom is 0.0615 e. The smallest absolute Gasteiger partial charge is 0.0615 e. The number of methoxy groups -OCH3 is 1. The van der Waals surface area contributed by atoms with Crippen molar-refractivity contribution in [3.05, 3.63) is 0 Å². The molecule has 3 atom stereocenters. The highest BCUT2D eigenvalue weighted by Crippen LogP contribution is 2.31. The van der Waals surface area contributed by atoms with Crippen LogP contribution in [-0.2, 0) is 4.74 Å². The van der Waals surface area contributed by atoms with Gasteiger partial charge in [-0.3, -0.25) is 4.90 Å². The van der Waals surface area contributed by atoms with Gasteiger partial charge in [0.15, 0.2) is 0 Å². The summed E-state index contributed by atoms with van der Waals surface area (Å²) in [7, 11) is 6.15. The topological polar surface area (TPSA) is 41.7 Å². The van der Waals surface area contributed by atoms with E-state index in [4.69, 9.17) is 10.5 Å². The SMILES string of the molecule is COCC(C)N(C)C1(CN)CCN(C)C(C)C1. The van der Waals surface area contributed by atoms with Crippen molar-refractivity contribution in [2.24, 2.45) is 5.73 Å². The van der Waals surface area contributed by atoms with E-state index in [1.54, 1.807) is 7.11 Å². The van der Waals surface area contributed by atoms with E-state index in [1.165, 1.54) is 0 Å². The standard InChI is InChI=1S/C13H29N3O/c1-11-8-13(10-14,6-7-15(11)3)16(4)12(2)9-17-5/h11-12H,6-10,14H2,1-5H3. The highest BCUT2D eigenvalue weighted by molar-refractivity contribution is 4.98. The van der Waals surface area contributed by atoms with Crippen LogP contribution >= 0.6 is 0 Å². The van der Waals surface area contributed by atoms with E-state index in [1.807, 2.05) is 0 Å². The number of hydrogen-bond acceptors (Lipinski definition) is 4. The molecule has 0 aliphatic carbocycles. The molecule has 4 heteroatoms. The Bertz CT molecular complexity index is 237. The molecule has 2 N–H and O–H groups in total. The van der Waals surface area contributed by atoms with Gasteiger partial charge in [-0.2, -0.15) is 0 Å². The summed E-state index contributed by atoms with van der Waals surface area (Å²) < 4.78 is 5.26. The summed E-state index contributed by atoms with van der Waals surface area (Å²) in [5, 5.41) is 0. The van der Waals surface area contributed by atoms with E-state index in [0.717, 1.165) is 32.5 Å². The van der Waals surface area contributed by atoms with Gasteiger partial charge >= 0.3 is 0 Å². The van der Waals surface area contributed by atoms with E-state index < -0.39 is 0 Å². The molecule has 3 unspecified atom stereocenters. The second-order valence-corrected chi connectivity index (χ2v) is 5.63. The molecular formula is C13H29N3O. The van der Waals surface area contributed by atoms with Crippen LogP contribution in [0.4, 0.5) is 0 Å². The number of rotatable bonds is 5. The second-order valence-electron chi connectivity index (χ2n) is 5.63. The van der Waals surface area contributed by atoms with Crippen LogP contribution in [-0.4, -0.2) is 68.3 Å². The van der Waals surface area contributed by atoms with Gasteiger partial charge in [0, 0.05) is 31.3 Å². The lowest BCUT2D eigenvalue weighted by molar-refractivity contribution is -0.0142. The quantitative estimate of drug-likeness (QED) is 0.774. The molecule has 0 aromatic rings. The first-order valence-electron chi connectivity index (χ1n) is 6.59. The van der Waals surface area contributed by atoms with Gasteiger partial charge in [0.05, 0.1) is 6.61 Å². The minimum atomic E-state index is 0.143. The molecule has 0 bridgehead atoms. The molecule has 0 spiro atoms. The number of piperidine rings is 1. The van der Waals surface area contributed by atoms with E-state index in [0.29, 0.717) is 12.1 Å². The predicted molar refractivity (Wildman–Crippen MR) is 72.2 cm³/mol. The zero-order valence-corrected chi connectivity index (χ0v) is 12.1. The molecule has 1 aliphatic heterocycles. The fourth-order valence-electron chi connectivity index (χ4n) is 2.88. The Morgan fingerprint density at radius 1 is 1.59 bits per heavy atom. The second kappa shape index (κ2) is 6.14. The lowest BCUT2D eigenvalue weighted by Gasteiger charge is -2.51. The number of nitrogens with zero attached hydrogens (tertiary/aromatic N) is 2. The van der Waals surface area contributed by atoms with Gasteiger partial charge in [-0.25, -0.2) is 0 Å². The average Bonchev–Trinajstić information content (AvgIpc) is 2.32. The first-order chi connectivity index (χ1) is 7.96. The van der Waals surface area contributed by atoms with Crippen molar-refractivity contribution in [2.75, 3.05) is 40.9 Å². The van der Waals surface area contributed by atoms with Crippen molar-refractivity contribution in [3.8, 4) is 0 Å². The molecule has 0 saturated carbocycles. The predicted octanol–water partition coefficient (Wildman–Crippen LogP) is 0.765. The number of likely N-dealkylation sites (tertiary alicyclic amines) is 1. The van der Waals surface area contributed by atoms with E-state index in [-0.39, 0.29) is 5.54 Å². The number of hydrogen-bond donors (Lipinski definition) is 1. The third-order valence-corrected chi connectivity index (χ3v) is 4.55. The van der Waals surface area contributed by atoms with E-state index in [9.17, 15) is 0 Å². The Morgan fingerprint density at radius 3 is 2.71 bits per heavy atom. The fourth-order valence-corrected chi connectivity index (χ4v) is 2.88. The summed E-state index contributed by atoms with van der Waals surface area (Å²) >= 11 is 0. The fraction of sp³-hybridized carbons (Fsp3) is 1.00. The van der Waals surface area contributed by atoms with Crippen molar-refractivity contribution in [2.45, 2.75) is 44.3 Å². The van der Waals surface area contributed by atoms with Gasteiger partial charge in [0.25, 0.3) is 0 Å². The molecule has 1 heterocycles. The van der Waals surface area contributed by atoms with Crippen LogP contribution in [0, 0.1) is 0 Å². The zero-order valence-electron chi connectivity index (χ0n) is 12.1. The zero-order chi connectivity index (χ0) is 13.1. The summed E-state index contributed by atoms with van der Waals surface area (Å²) in [5.41, 5.74) is 6.22. The molecule has 4 nitrogen and oxygen atoms in total. The molecule has 102 valence electrons. The lowest BCUT2D eigenvalue weighted by atomic mass is 9.81. The van der Waals surface area contributed by atoms with Gasteiger partial charge in [0.2, 0.25) is 0 Å². The van der Waals surface area contributed by atoms with Gasteiger partial charge < -0.3 is 15.4 Å². The summed E-state index contributed by atoms with van der Waals surface area (Å²) in [6.45, 7) is 7.13. The Balaban J connectivity index is 2.74. The Hall–Kier alpha value is -0.160. The number of nitrogens with two attached hydrogens (primary N) is 1. The number of likely N-dealkylation sites (N-methyl/N-ethyl adjacent to an activating group) is 1. The highest BCUT2D eigenvalue weighted by Gasteiger charge is 2.40. The molecule has 1 fully saturated rings. The van der Waals surface area contributed by atoms with Gasteiger partial charge in [-0.15, -0.1) is 0 Å². The Kier molecular flexibility index (Phi) is 5.38. The largest absolute Gasteiger partial charge is 0.383 e. The van der Waals surface area contributed by atoms with Gasteiger partial charge in [-0.05, 0) is 47.3 Å². The first kappa shape index (κ1) is 14.9. The van der Waals surface area contributed by atoms with Crippen LogP contribution in [0.15, 0.2) is 0 Å². The molecule has 0 aromatic carbocycles. The van der Waals surface area contributed by atoms with Crippen molar-refractivity contribution >= 4 is 0 Å². The average molecular weight is 243 g/mol. The summed E-state index contributed by atoms with van der Waals surface area (Å²) in [6, 6.07) is 1.02. The highest BCUT2D eigenvalue weighted by atomic mass is 16.5. The van der Waals surface area contributed by atoms with Crippen molar-refractivity contribution in [1.29, 1.82) is 0 Å². The normalized spacial score (nSPS) is 33.0. The van der Waals surface area contributed by atoms with Crippen molar-refractivity contribution < 1.29 is 4.74 Å². The first-order valence-corrected chi connectivity index (χ1v) is 6.59. The molecule has 1 aliphatic rings. The molecule has 0 aromatic heterocycles. The molecule has 17 heavy (non-hydrogen) atoms.